The van der Waals surface area contributed by atoms with E-state index in [9.17, 15) is 18.0 Å². The van der Waals surface area contributed by atoms with Crippen LogP contribution in [0.25, 0.3) is 11.4 Å². The molecule has 0 radical (unpaired) electrons. The Morgan fingerprint density at radius 1 is 1.14 bits per heavy atom. The number of halogens is 6. The molecule has 0 fully saturated rings. The Hall–Kier alpha value is -2.36. The number of hydrogen-bond donors (Lipinski definition) is 1. The van der Waals surface area contributed by atoms with Gasteiger partial charge in [-0.3, -0.25) is 4.79 Å². The van der Waals surface area contributed by atoms with E-state index in [2.05, 4.69) is 20.7 Å². The zero-order valence-electron chi connectivity index (χ0n) is 14.5. The van der Waals surface area contributed by atoms with Crippen LogP contribution in [0.5, 0.6) is 0 Å². The van der Waals surface area contributed by atoms with Crippen LogP contribution in [0.15, 0.2) is 36.4 Å². The summed E-state index contributed by atoms with van der Waals surface area (Å²) in [5.74, 6) is -0.623. The average Bonchev–Trinajstić information content (AvgIpc) is 3.13. The summed E-state index contributed by atoms with van der Waals surface area (Å²) in [7, 11) is 0. The number of amides is 1. The first-order chi connectivity index (χ1) is 13.6. The monoisotopic (exact) mass is 463 g/mol. The van der Waals surface area contributed by atoms with E-state index in [0.717, 1.165) is 16.9 Å². The Labute approximate surface area is 177 Å². The molecule has 1 aromatic heterocycles. The Bertz CT molecular complexity index is 1050. The van der Waals surface area contributed by atoms with Crippen LogP contribution in [0.2, 0.25) is 15.1 Å². The first-order valence-corrected chi connectivity index (χ1v) is 9.12. The highest BCUT2D eigenvalue weighted by Gasteiger charge is 2.31. The van der Waals surface area contributed by atoms with Gasteiger partial charge in [0.25, 0.3) is 5.91 Å². The van der Waals surface area contributed by atoms with E-state index < -0.39 is 23.7 Å². The van der Waals surface area contributed by atoms with Crippen molar-refractivity contribution in [3.63, 3.8) is 0 Å². The number of hydrogen-bond acceptors (Lipinski definition) is 4. The van der Waals surface area contributed by atoms with Gasteiger partial charge in [-0.05, 0) is 36.4 Å². The number of tetrazole rings is 1. The van der Waals surface area contributed by atoms with Gasteiger partial charge in [0.1, 0.15) is 6.04 Å². The van der Waals surface area contributed by atoms with Crippen molar-refractivity contribution in [1.82, 2.24) is 20.2 Å². The van der Waals surface area contributed by atoms with Crippen molar-refractivity contribution >= 4 is 46.4 Å². The highest BCUT2D eigenvalue weighted by atomic mass is 35.5. The quantitative estimate of drug-likeness (QED) is 0.552. The Morgan fingerprint density at radius 3 is 2.41 bits per heavy atom. The molecule has 1 N–H and O–H groups in total. The van der Waals surface area contributed by atoms with Crippen molar-refractivity contribution in [3.05, 3.63) is 57.0 Å². The van der Waals surface area contributed by atoms with Crippen molar-refractivity contribution in [2.24, 2.45) is 0 Å². The third kappa shape index (κ3) is 4.80. The fourth-order valence-electron chi connectivity index (χ4n) is 2.33. The number of nitrogens with zero attached hydrogens (tertiary/aromatic N) is 4. The molecule has 1 unspecified atom stereocenters. The van der Waals surface area contributed by atoms with E-state index in [1.165, 1.54) is 31.2 Å². The Balaban J connectivity index is 1.81. The lowest BCUT2D eigenvalue weighted by molar-refractivity contribution is -0.137. The predicted octanol–water partition coefficient (Wildman–Crippen LogP) is 5.52. The summed E-state index contributed by atoms with van der Waals surface area (Å²) in [6, 6.07) is 6.35. The highest BCUT2D eigenvalue weighted by molar-refractivity contribution is 6.42. The molecule has 0 bridgehead atoms. The number of carbonyl (C=O) groups excluding carboxylic acids is 1. The molecule has 6 nitrogen and oxygen atoms in total. The van der Waals surface area contributed by atoms with Crippen molar-refractivity contribution in [2.75, 3.05) is 5.32 Å². The number of nitrogens with one attached hydrogen (secondary N) is 1. The molecule has 152 valence electrons. The average molecular weight is 465 g/mol. The van der Waals surface area contributed by atoms with Gasteiger partial charge in [0.05, 0.1) is 21.3 Å². The summed E-state index contributed by atoms with van der Waals surface area (Å²) in [6.45, 7) is 1.48. The number of rotatable bonds is 4. The minimum atomic E-state index is -4.50. The van der Waals surface area contributed by atoms with Gasteiger partial charge in [-0.1, -0.05) is 46.9 Å². The van der Waals surface area contributed by atoms with Gasteiger partial charge in [0, 0.05) is 10.6 Å². The van der Waals surface area contributed by atoms with E-state index in [4.69, 9.17) is 34.8 Å². The minimum Gasteiger partial charge on any atom is -0.322 e. The second-order valence-corrected chi connectivity index (χ2v) is 7.17. The summed E-state index contributed by atoms with van der Waals surface area (Å²) in [5, 5.41) is 14.6. The molecule has 12 heteroatoms. The second-order valence-electron chi connectivity index (χ2n) is 5.92. The lowest BCUT2D eigenvalue weighted by atomic mass is 10.1. The van der Waals surface area contributed by atoms with Gasteiger partial charge in [-0.25, -0.2) is 0 Å². The maximum absolute atomic E-state index is 12.9. The van der Waals surface area contributed by atoms with Gasteiger partial charge < -0.3 is 5.32 Å². The summed E-state index contributed by atoms with van der Waals surface area (Å²) in [4.78, 5) is 13.5. The summed E-state index contributed by atoms with van der Waals surface area (Å²) >= 11 is 17.9. The molecule has 2 aromatic carbocycles. The van der Waals surface area contributed by atoms with Crippen LogP contribution in [0.3, 0.4) is 0 Å². The molecular formula is C17H11Cl3F3N5O. The number of anilines is 1. The third-order valence-electron chi connectivity index (χ3n) is 3.86. The second kappa shape index (κ2) is 8.17. The number of carbonyl (C=O) groups is 1. The smallest absolute Gasteiger partial charge is 0.322 e. The van der Waals surface area contributed by atoms with Crippen LogP contribution < -0.4 is 5.32 Å². The minimum absolute atomic E-state index is 0.0571. The fraction of sp³-hybridized carbons (Fsp3) is 0.176. The molecule has 1 amide bonds. The number of benzene rings is 2. The van der Waals surface area contributed by atoms with Gasteiger partial charge in [0.2, 0.25) is 5.82 Å². The lowest BCUT2D eigenvalue weighted by Crippen LogP contribution is -2.25. The van der Waals surface area contributed by atoms with Gasteiger partial charge in [0.15, 0.2) is 0 Å². The maximum Gasteiger partial charge on any atom is 0.416 e. The summed E-state index contributed by atoms with van der Waals surface area (Å²) in [6.07, 6.45) is -4.50. The SMILES string of the molecule is CC(C(=O)Nc1c(Cl)cc(Cl)cc1Cl)n1nnc(-c2cccc(C(F)(F)F)c2)n1. The number of aromatic nitrogens is 4. The molecule has 0 aliphatic heterocycles. The molecular weight excluding hydrogens is 454 g/mol. The fourth-order valence-corrected chi connectivity index (χ4v) is 3.24. The zero-order chi connectivity index (χ0) is 21.3. The van der Waals surface area contributed by atoms with Crippen LogP contribution in [-0.4, -0.2) is 26.1 Å². The van der Waals surface area contributed by atoms with E-state index >= 15 is 0 Å². The van der Waals surface area contributed by atoms with E-state index in [1.54, 1.807) is 0 Å². The molecule has 1 atom stereocenters. The van der Waals surface area contributed by atoms with E-state index in [-0.39, 0.29) is 27.1 Å². The maximum atomic E-state index is 12.9. The number of alkyl halides is 3. The molecule has 0 saturated carbocycles. The highest BCUT2D eigenvalue weighted by Crippen LogP contribution is 2.34. The molecule has 1 heterocycles. The first-order valence-electron chi connectivity index (χ1n) is 7.99. The molecule has 29 heavy (non-hydrogen) atoms. The molecule has 0 aliphatic rings. The Morgan fingerprint density at radius 2 is 1.79 bits per heavy atom. The van der Waals surface area contributed by atoms with Crippen LogP contribution in [0, 0.1) is 0 Å². The van der Waals surface area contributed by atoms with Gasteiger partial charge in [-0.15, -0.1) is 10.2 Å². The van der Waals surface area contributed by atoms with Gasteiger partial charge in [-0.2, -0.15) is 18.0 Å². The van der Waals surface area contributed by atoms with E-state index in [1.807, 2.05) is 0 Å². The van der Waals surface area contributed by atoms with Crippen molar-refractivity contribution in [1.29, 1.82) is 0 Å². The largest absolute Gasteiger partial charge is 0.416 e. The molecule has 0 aliphatic carbocycles. The van der Waals surface area contributed by atoms with Crippen LogP contribution in [-0.2, 0) is 11.0 Å². The predicted molar refractivity (Wildman–Crippen MR) is 103 cm³/mol. The summed E-state index contributed by atoms with van der Waals surface area (Å²) < 4.78 is 38.6. The van der Waals surface area contributed by atoms with Crippen molar-refractivity contribution in [3.8, 4) is 11.4 Å². The Kier molecular flexibility index (Phi) is 6.02. The first kappa shape index (κ1) is 21.4. The van der Waals surface area contributed by atoms with Crippen LogP contribution in [0.4, 0.5) is 18.9 Å². The van der Waals surface area contributed by atoms with E-state index in [0.29, 0.717) is 5.02 Å². The van der Waals surface area contributed by atoms with Crippen LogP contribution >= 0.6 is 34.8 Å². The molecule has 0 saturated heterocycles. The van der Waals surface area contributed by atoms with Crippen LogP contribution in [0.1, 0.15) is 18.5 Å². The molecule has 0 spiro atoms. The van der Waals surface area contributed by atoms with Crippen molar-refractivity contribution in [2.45, 2.75) is 19.1 Å². The van der Waals surface area contributed by atoms with Crippen molar-refractivity contribution < 1.29 is 18.0 Å². The molecule has 3 rings (SSSR count). The lowest BCUT2D eigenvalue weighted by Gasteiger charge is -2.13. The standard InChI is InChI=1S/C17H11Cl3F3N5O/c1-8(16(29)24-14-12(19)6-11(18)7-13(14)20)28-26-15(25-27-28)9-3-2-4-10(5-9)17(21,22)23/h2-8H,1H3,(H,24,29). The zero-order valence-corrected chi connectivity index (χ0v) is 16.8. The topological polar surface area (TPSA) is 72.7 Å². The molecule has 3 aromatic rings. The third-order valence-corrected chi connectivity index (χ3v) is 4.67. The summed E-state index contributed by atoms with van der Waals surface area (Å²) in [5.41, 5.74) is -0.570. The van der Waals surface area contributed by atoms with Gasteiger partial charge >= 0.3 is 6.18 Å². The normalized spacial score (nSPS) is 12.7.